The van der Waals surface area contributed by atoms with Gasteiger partial charge in [0, 0.05) is 6.61 Å². The summed E-state index contributed by atoms with van der Waals surface area (Å²) in [6.07, 6.45) is -6.84. The third-order valence-corrected chi connectivity index (χ3v) is 0.748. The van der Waals surface area contributed by atoms with Gasteiger partial charge in [-0.3, -0.25) is 0 Å². The van der Waals surface area contributed by atoms with Crippen LogP contribution in [0.2, 0.25) is 0 Å². The average Bonchev–Trinajstić information content (AvgIpc) is 1.80. The Balaban J connectivity index is 3.98. The summed E-state index contributed by atoms with van der Waals surface area (Å²) in [5, 5.41) is 7.90. The number of hydrogen-bond acceptors (Lipinski definition) is 2. The molecular weight excluding hydrogens is 147 g/mol. The van der Waals surface area contributed by atoms with Crippen LogP contribution in [0.15, 0.2) is 0 Å². The van der Waals surface area contributed by atoms with Crippen LogP contribution in [-0.2, 0) is 4.74 Å². The van der Waals surface area contributed by atoms with Crippen LogP contribution in [0.5, 0.6) is 0 Å². The Kier molecular flexibility index (Phi) is 3.16. The molecule has 0 aliphatic rings. The van der Waals surface area contributed by atoms with E-state index >= 15 is 0 Å². The van der Waals surface area contributed by atoms with Gasteiger partial charge in [-0.2, -0.15) is 18.4 Å². The molecule has 0 saturated carbocycles. The van der Waals surface area contributed by atoms with Crippen LogP contribution < -0.4 is 0 Å². The highest BCUT2D eigenvalue weighted by molar-refractivity contribution is 4.89. The zero-order chi connectivity index (χ0) is 8.20. The van der Waals surface area contributed by atoms with Gasteiger partial charge in [-0.05, 0) is 6.92 Å². The highest BCUT2D eigenvalue weighted by Crippen LogP contribution is 2.21. The molecule has 0 saturated heterocycles. The summed E-state index contributed by atoms with van der Waals surface area (Å²) in [5.41, 5.74) is 0. The maximum Gasteiger partial charge on any atom is 0.428 e. The van der Waals surface area contributed by atoms with Gasteiger partial charge in [0.25, 0.3) is 0 Å². The summed E-state index contributed by atoms with van der Waals surface area (Å²) in [7, 11) is 0. The second-order valence-electron chi connectivity index (χ2n) is 1.51. The van der Waals surface area contributed by atoms with Crippen LogP contribution in [0.4, 0.5) is 13.2 Å². The monoisotopic (exact) mass is 153 g/mol. The quantitative estimate of drug-likeness (QED) is 0.601. The lowest BCUT2D eigenvalue weighted by atomic mass is 10.4. The second-order valence-corrected chi connectivity index (χ2v) is 1.51. The van der Waals surface area contributed by atoms with E-state index in [9.17, 15) is 13.2 Å². The predicted octanol–water partition coefficient (Wildman–Crippen LogP) is 1.48. The second kappa shape index (κ2) is 3.42. The minimum atomic E-state index is -4.56. The third-order valence-electron chi connectivity index (χ3n) is 0.748. The summed E-state index contributed by atoms with van der Waals surface area (Å²) in [6.45, 7) is 1.29. The van der Waals surface area contributed by atoms with Crippen LogP contribution in [0, 0.1) is 11.3 Å². The first-order chi connectivity index (χ1) is 4.52. The van der Waals surface area contributed by atoms with E-state index in [-0.39, 0.29) is 6.61 Å². The summed E-state index contributed by atoms with van der Waals surface area (Å²) in [6, 6.07) is 0.996. The minimum absolute atomic E-state index is 0.113. The van der Waals surface area contributed by atoms with Gasteiger partial charge in [-0.25, -0.2) is 0 Å². The number of nitriles is 1. The van der Waals surface area contributed by atoms with Crippen molar-refractivity contribution in [3.05, 3.63) is 0 Å². The normalized spacial score (nSPS) is 14.3. The van der Waals surface area contributed by atoms with E-state index in [1.54, 1.807) is 0 Å². The molecule has 0 heterocycles. The fourth-order valence-corrected chi connectivity index (χ4v) is 0.372. The molecule has 0 aromatic rings. The zero-order valence-electron chi connectivity index (χ0n) is 5.27. The molecule has 0 bridgehead atoms. The Morgan fingerprint density at radius 1 is 1.60 bits per heavy atom. The highest BCUT2D eigenvalue weighted by atomic mass is 19.4. The Bertz CT molecular complexity index is 137. The van der Waals surface area contributed by atoms with Gasteiger partial charge in [0.1, 0.15) is 6.07 Å². The van der Waals surface area contributed by atoms with E-state index in [1.807, 2.05) is 0 Å². The lowest BCUT2D eigenvalue weighted by Gasteiger charge is -2.11. The summed E-state index contributed by atoms with van der Waals surface area (Å²) in [4.78, 5) is 0. The van der Waals surface area contributed by atoms with Gasteiger partial charge >= 0.3 is 6.18 Å². The fraction of sp³-hybridized carbons (Fsp3) is 0.800. The number of halogens is 3. The predicted molar refractivity (Wildman–Crippen MR) is 27.1 cm³/mol. The van der Waals surface area contributed by atoms with Crippen molar-refractivity contribution in [1.29, 1.82) is 5.26 Å². The van der Waals surface area contributed by atoms with Crippen LogP contribution in [0.3, 0.4) is 0 Å². The molecule has 0 aliphatic heterocycles. The Morgan fingerprint density at radius 2 is 2.10 bits per heavy atom. The molecule has 1 unspecified atom stereocenters. The topological polar surface area (TPSA) is 33.0 Å². The molecule has 0 N–H and O–H groups in total. The number of ether oxygens (including phenoxy) is 1. The smallest absolute Gasteiger partial charge is 0.355 e. The number of alkyl halides is 3. The first kappa shape index (κ1) is 9.24. The van der Waals surface area contributed by atoms with Crippen molar-refractivity contribution in [2.24, 2.45) is 0 Å². The van der Waals surface area contributed by atoms with Crippen molar-refractivity contribution in [1.82, 2.24) is 0 Å². The number of rotatable bonds is 2. The first-order valence-electron chi connectivity index (χ1n) is 2.60. The molecule has 0 aromatic carbocycles. The molecule has 0 radical (unpaired) electrons. The van der Waals surface area contributed by atoms with E-state index < -0.39 is 12.3 Å². The van der Waals surface area contributed by atoms with Crippen molar-refractivity contribution in [3.63, 3.8) is 0 Å². The summed E-state index contributed by atoms with van der Waals surface area (Å²) < 4.78 is 38.7. The Morgan fingerprint density at radius 3 is 2.20 bits per heavy atom. The van der Waals surface area contributed by atoms with E-state index in [4.69, 9.17) is 5.26 Å². The average molecular weight is 153 g/mol. The van der Waals surface area contributed by atoms with Crippen LogP contribution >= 0.6 is 0 Å². The molecule has 0 amide bonds. The molecule has 2 nitrogen and oxygen atoms in total. The molecule has 0 spiro atoms. The number of hydrogen-bond donors (Lipinski definition) is 0. The van der Waals surface area contributed by atoms with Crippen molar-refractivity contribution < 1.29 is 17.9 Å². The molecule has 5 heteroatoms. The SMILES string of the molecule is CCOC(C#N)C(F)(F)F. The Hall–Kier alpha value is -0.760. The molecule has 58 valence electrons. The van der Waals surface area contributed by atoms with Crippen LogP contribution in [0.1, 0.15) is 6.92 Å². The molecule has 0 rings (SSSR count). The largest absolute Gasteiger partial charge is 0.428 e. The molecule has 0 aromatic heterocycles. The van der Waals surface area contributed by atoms with E-state index in [1.165, 1.54) is 6.92 Å². The van der Waals surface area contributed by atoms with Crippen molar-refractivity contribution >= 4 is 0 Å². The summed E-state index contributed by atoms with van der Waals surface area (Å²) >= 11 is 0. The van der Waals surface area contributed by atoms with E-state index in [0.29, 0.717) is 0 Å². The standard InChI is InChI=1S/C5H6F3NO/c1-2-10-4(3-9)5(6,7)8/h4H,2H2,1H3. The lowest BCUT2D eigenvalue weighted by Crippen LogP contribution is -2.29. The molecular formula is C5H6F3NO. The van der Waals surface area contributed by atoms with Crippen molar-refractivity contribution in [3.8, 4) is 6.07 Å². The van der Waals surface area contributed by atoms with E-state index in [0.717, 1.165) is 6.07 Å². The molecule has 10 heavy (non-hydrogen) atoms. The number of nitrogens with zero attached hydrogens (tertiary/aromatic N) is 1. The fourth-order valence-electron chi connectivity index (χ4n) is 0.372. The van der Waals surface area contributed by atoms with Gasteiger partial charge in [-0.15, -0.1) is 0 Å². The highest BCUT2D eigenvalue weighted by Gasteiger charge is 2.40. The van der Waals surface area contributed by atoms with Gasteiger partial charge < -0.3 is 4.74 Å². The van der Waals surface area contributed by atoms with E-state index in [2.05, 4.69) is 4.74 Å². The third kappa shape index (κ3) is 2.69. The molecule has 0 aliphatic carbocycles. The maximum absolute atomic E-state index is 11.6. The van der Waals surface area contributed by atoms with Crippen LogP contribution in [0.25, 0.3) is 0 Å². The van der Waals surface area contributed by atoms with Gasteiger partial charge in [-0.1, -0.05) is 0 Å². The maximum atomic E-state index is 11.6. The van der Waals surface area contributed by atoms with Crippen LogP contribution in [-0.4, -0.2) is 18.9 Å². The van der Waals surface area contributed by atoms with Gasteiger partial charge in [0.15, 0.2) is 0 Å². The Labute approximate surface area is 56.2 Å². The van der Waals surface area contributed by atoms with Gasteiger partial charge in [0.05, 0.1) is 0 Å². The lowest BCUT2D eigenvalue weighted by molar-refractivity contribution is -0.199. The first-order valence-corrected chi connectivity index (χ1v) is 2.60. The minimum Gasteiger partial charge on any atom is -0.355 e. The van der Waals surface area contributed by atoms with Gasteiger partial charge in [0.2, 0.25) is 6.10 Å². The molecule has 1 atom stereocenters. The zero-order valence-corrected chi connectivity index (χ0v) is 5.27. The van der Waals surface area contributed by atoms with Crippen molar-refractivity contribution in [2.75, 3.05) is 6.61 Å². The molecule has 0 fully saturated rings. The summed E-state index contributed by atoms with van der Waals surface area (Å²) in [5.74, 6) is 0. The van der Waals surface area contributed by atoms with Crippen molar-refractivity contribution in [2.45, 2.75) is 19.2 Å².